The standard InChI is InChI=1S/C35H34O6/c1-39-29-20-16-27(17-21-29)34(26-14-18-28(36)19-15-26)22-30(24-10-6-4-7-11-24)35(32(37)40-2,33(38)41-3)31(23-34)25-12-8-5-9-13-25/h4-21,30-31,36H,22-23H2,1-3H3. The van der Waals surface area contributed by atoms with Crippen molar-refractivity contribution in [2.75, 3.05) is 21.3 Å². The fourth-order valence-electron chi connectivity index (χ4n) is 6.80. The van der Waals surface area contributed by atoms with Crippen molar-refractivity contribution < 1.29 is 28.9 Å². The average Bonchev–Trinajstić information content (AvgIpc) is 3.04. The third kappa shape index (κ3) is 4.73. The Morgan fingerprint density at radius 2 is 1.05 bits per heavy atom. The van der Waals surface area contributed by atoms with Crippen LogP contribution in [-0.2, 0) is 24.5 Å². The fraction of sp³-hybridized carbons (Fsp3) is 0.257. The van der Waals surface area contributed by atoms with E-state index in [1.54, 1.807) is 19.2 Å². The van der Waals surface area contributed by atoms with Crippen molar-refractivity contribution >= 4 is 11.9 Å². The second-order valence-corrected chi connectivity index (χ2v) is 10.5. The molecule has 0 amide bonds. The molecule has 1 N–H and O–H groups in total. The number of rotatable bonds is 7. The number of carbonyl (C=O) groups is 2. The van der Waals surface area contributed by atoms with Crippen LogP contribution in [0.25, 0.3) is 0 Å². The molecule has 0 spiro atoms. The average molecular weight is 551 g/mol. The largest absolute Gasteiger partial charge is 0.508 e. The lowest BCUT2D eigenvalue weighted by Gasteiger charge is -2.53. The summed E-state index contributed by atoms with van der Waals surface area (Å²) < 4.78 is 16.4. The third-order valence-corrected chi connectivity index (χ3v) is 8.72. The lowest BCUT2D eigenvalue weighted by atomic mass is 9.47. The van der Waals surface area contributed by atoms with E-state index in [0.717, 1.165) is 28.0 Å². The van der Waals surface area contributed by atoms with Crippen LogP contribution >= 0.6 is 0 Å². The SMILES string of the molecule is COC(=O)C1(C(=O)OC)C(c2ccccc2)CC(c2ccc(O)cc2)(c2ccc(OC)cc2)CC1c1ccccc1. The lowest BCUT2D eigenvalue weighted by molar-refractivity contribution is -0.176. The first kappa shape index (κ1) is 28.0. The summed E-state index contributed by atoms with van der Waals surface area (Å²) >= 11 is 0. The normalized spacial score (nSPS) is 21.4. The Bertz CT molecular complexity index is 1410. The summed E-state index contributed by atoms with van der Waals surface area (Å²) in [6.07, 6.45) is 0.809. The number of hydrogen-bond donors (Lipinski definition) is 1. The van der Waals surface area contributed by atoms with Gasteiger partial charge in [-0.1, -0.05) is 84.9 Å². The van der Waals surface area contributed by atoms with Gasteiger partial charge in [0.05, 0.1) is 21.3 Å². The Balaban J connectivity index is 1.87. The molecule has 6 heteroatoms. The summed E-state index contributed by atoms with van der Waals surface area (Å²) in [4.78, 5) is 28.2. The van der Waals surface area contributed by atoms with E-state index in [-0.39, 0.29) is 5.75 Å². The Morgan fingerprint density at radius 3 is 1.44 bits per heavy atom. The number of phenols is 1. The molecular formula is C35H34O6. The molecule has 4 aromatic rings. The van der Waals surface area contributed by atoms with Crippen molar-refractivity contribution in [2.45, 2.75) is 30.1 Å². The molecule has 41 heavy (non-hydrogen) atoms. The van der Waals surface area contributed by atoms with E-state index in [1.165, 1.54) is 14.2 Å². The first-order valence-electron chi connectivity index (χ1n) is 13.6. The number of phenolic OH excluding ortho intramolecular Hbond substituents is 1. The van der Waals surface area contributed by atoms with E-state index >= 15 is 0 Å². The fourth-order valence-corrected chi connectivity index (χ4v) is 6.80. The molecule has 1 fully saturated rings. The maximum atomic E-state index is 14.1. The summed E-state index contributed by atoms with van der Waals surface area (Å²) in [5.41, 5.74) is 1.33. The molecule has 0 bridgehead atoms. The van der Waals surface area contributed by atoms with Gasteiger partial charge in [0, 0.05) is 17.3 Å². The summed E-state index contributed by atoms with van der Waals surface area (Å²) in [6.45, 7) is 0. The molecule has 0 radical (unpaired) electrons. The van der Waals surface area contributed by atoms with Crippen molar-refractivity contribution in [3.8, 4) is 11.5 Å². The smallest absolute Gasteiger partial charge is 0.324 e. The van der Waals surface area contributed by atoms with Crippen LogP contribution in [0.15, 0.2) is 109 Å². The monoisotopic (exact) mass is 550 g/mol. The van der Waals surface area contributed by atoms with Crippen LogP contribution in [0.3, 0.4) is 0 Å². The van der Waals surface area contributed by atoms with Gasteiger partial charge in [0.15, 0.2) is 5.41 Å². The van der Waals surface area contributed by atoms with Gasteiger partial charge >= 0.3 is 11.9 Å². The molecule has 210 valence electrons. The van der Waals surface area contributed by atoms with Gasteiger partial charge in [-0.3, -0.25) is 9.59 Å². The van der Waals surface area contributed by atoms with Crippen LogP contribution in [0.5, 0.6) is 11.5 Å². The first-order valence-corrected chi connectivity index (χ1v) is 13.6. The molecule has 5 rings (SSSR count). The molecule has 0 heterocycles. The van der Waals surface area contributed by atoms with Crippen LogP contribution in [0.4, 0.5) is 0 Å². The molecule has 0 saturated heterocycles. The maximum absolute atomic E-state index is 14.1. The van der Waals surface area contributed by atoms with Gasteiger partial charge in [0.2, 0.25) is 0 Å². The maximum Gasteiger partial charge on any atom is 0.324 e. The van der Waals surface area contributed by atoms with Gasteiger partial charge in [0.1, 0.15) is 11.5 Å². The molecule has 4 aromatic carbocycles. The minimum Gasteiger partial charge on any atom is -0.508 e. The molecule has 1 aliphatic carbocycles. The van der Waals surface area contributed by atoms with Gasteiger partial charge in [-0.25, -0.2) is 0 Å². The number of ether oxygens (including phenoxy) is 3. The van der Waals surface area contributed by atoms with E-state index in [1.807, 2.05) is 97.1 Å². The Hall–Kier alpha value is -4.58. The minimum absolute atomic E-state index is 0.159. The Morgan fingerprint density at radius 1 is 0.634 bits per heavy atom. The number of benzene rings is 4. The van der Waals surface area contributed by atoms with Crippen molar-refractivity contribution in [2.24, 2.45) is 5.41 Å². The molecule has 0 aromatic heterocycles. The summed E-state index contributed by atoms with van der Waals surface area (Å²) in [5, 5.41) is 10.2. The van der Waals surface area contributed by atoms with E-state index in [0.29, 0.717) is 12.8 Å². The number of methoxy groups -OCH3 is 3. The highest BCUT2D eigenvalue weighted by atomic mass is 16.5. The predicted molar refractivity (Wildman–Crippen MR) is 156 cm³/mol. The summed E-state index contributed by atoms with van der Waals surface area (Å²) in [6, 6.07) is 34.4. The topological polar surface area (TPSA) is 82.1 Å². The molecule has 6 nitrogen and oxygen atoms in total. The third-order valence-electron chi connectivity index (χ3n) is 8.72. The first-order chi connectivity index (χ1) is 19.9. The molecule has 2 unspecified atom stereocenters. The number of esters is 2. The van der Waals surface area contributed by atoms with Crippen LogP contribution in [-0.4, -0.2) is 38.4 Å². The summed E-state index contributed by atoms with van der Waals surface area (Å²) in [5.74, 6) is -1.59. The minimum atomic E-state index is -1.65. The predicted octanol–water partition coefficient (Wildman–Crippen LogP) is 6.38. The van der Waals surface area contributed by atoms with Crippen LogP contribution in [0.2, 0.25) is 0 Å². The molecular weight excluding hydrogens is 516 g/mol. The van der Waals surface area contributed by atoms with Crippen molar-refractivity contribution in [1.82, 2.24) is 0 Å². The van der Waals surface area contributed by atoms with Gasteiger partial charge in [-0.05, 0) is 59.4 Å². The zero-order chi connectivity index (χ0) is 29.0. The van der Waals surface area contributed by atoms with Crippen molar-refractivity contribution in [1.29, 1.82) is 0 Å². The number of carbonyl (C=O) groups excluding carboxylic acids is 2. The van der Waals surface area contributed by atoms with Gasteiger partial charge < -0.3 is 19.3 Å². The van der Waals surface area contributed by atoms with Crippen LogP contribution in [0.1, 0.15) is 46.9 Å². The van der Waals surface area contributed by atoms with Gasteiger partial charge in [0.25, 0.3) is 0 Å². The van der Waals surface area contributed by atoms with Crippen LogP contribution in [0, 0.1) is 5.41 Å². The van der Waals surface area contributed by atoms with Crippen molar-refractivity contribution in [3.63, 3.8) is 0 Å². The van der Waals surface area contributed by atoms with Gasteiger partial charge in [-0.15, -0.1) is 0 Å². The van der Waals surface area contributed by atoms with E-state index in [4.69, 9.17) is 14.2 Å². The lowest BCUT2D eigenvalue weighted by Crippen LogP contribution is -2.57. The number of aromatic hydroxyl groups is 1. The quantitative estimate of drug-likeness (QED) is 0.212. The van der Waals surface area contributed by atoms with E-state index < -0.39 is 34.6 Å². The van der Waals surface area contributed by atoms with Crippen molar-refractivity contribution in [3.05, 3.63) is 131 Å². The highest BCUT2D eigenvalue weighted by Gasteiger charge is 2.66. The zero-order valence-corrected chi connectivity index (χ0v) is 23.4. The number of hydrogen-bond acceptors (Lipinski definition) is 6. The Labute approximate surface area is 240 Å². The Kier molecular flexibility index (Phi) is 7.84. The second kappa shape index (κ2) is 11.5. The molecule has 1 saturated carbocycles. The van der Waals surface area contributed by atoms with E-state index in [9.17, 15) is 14.7 Å². The molecule has 2 atom stereocenters. The second-order valence-electron chi connectivity index (χ2n) is 10.5. The highest BCUT2D eigenvalue weighted by molar-refractivity contribution is 6.03. The van der Waals surface area contributed by atoms with Crippen LogP contribution < -0.4 is 4.74 Å². The van der Waals surface area contributed by atoms with E-state index in [2.05, 4.69) is 0 Å². The zero-order valence-electron chi connectivity index (χ0n) is 23.4. The molecule has 0 aliphatic heterocycles. The highest BCUT2D eigenvalue weighted by Crippen LogP contribution is 2.63. The molecule has 1 aliphatic rings. The van der Waals surface area contributed by atoms with Gasteiger partial charge in [-0.2, -0.15) is 0 Å². The summed E-state index contributed by atoms with van der Waals surface area (Å²) in [7, 11) is 4.27.